The van der Waals surface area contributed by atoms with E-state index >= 15 is 0 Å². The molecule has 0 unspecified atom stereocenters. The lowest BCUT2D eigenvalue weighted by Gasteiger charge is -2.11. The van der Waals surface area contributed by atoms with Gasteiger partial charge in [0.25, 0.3) is 5.56 Å². The van der Waals surface area contributed by atoms with E-state index in [1.54, 1.807) is 0 Å². The Bertz CT molecular complexity index is 632. The van der Waals surface area contributed by atoms with Gasteiger partial charge in [0.1, 0.15) is 0 Å². The zero-order valence-electron chi connectivity index (χ0n) is 9.36. The number of aromatic nitrogens is 2. The highest BCUT2D eigenvalue weighted by Gasteiger charge is 2.31. The summed E-state index contributed by atoms with van der Waals surface area (Å²) in [5, 5.41) is 5.95. The lowest BCUT2D eigenvalue weighted by Crippen LogP contribution is -2.18. The fourth-order valence-electron chi connectivity index (χ4n) is 1.43. The average Bonchev–Trinajstić information content (AvgIpc) is 2.31. The SMILES string of the molecule is Nc1cc(-c2ccc(=O)[nH]n2)ccc1OC(F)(F)F. The van der Waals surface area contributed by atoms with Gasteiger partial charge in [-0.05, 0) is 24.3 Å². The Hall–Kier alpha value is -2.51. The molecular formula is C11H8F3N3O2. The van der Waals surface area contributed by atoms with Gasteiger partial charge in [0.15, 0.2) is 5.75 Å². The van der Waals surface area contributed by atoms with Gasteiger partial charge in [0.05, 0.1) is 11.4 Å². The van der Waals surface area contributed by atoms with Gasteiger partial charge in [-0.25, -0.2) is 5.10 Å². The molecule has 0 fully saturated rings. The van der Waals surface area contributed by atoms with Crippen molar-refractivity contribution in [2.45, 2.75) is 6.36 Å². The molecule has 100 valence electrons. The van der Waals surface area contributed by atoms with Crippen molar-refractivity contribution >= 4 is 5.69 Å². The first kappa shape index (κ1) is 12.9. The normalized spacial score (nSPS) is 11.3. The number of halogens is 3. The largest absolute Gasteiger partial charge is 0.573 e. The molecule has 0 radical (unpaired) electrons. The van der Waals surface area contributed by atoms with E-state index in [1.807, 2.05) is 0 Å². The zero-order chi connectivity index (χ0) is 14.0. The number of anilines is 1. The summed E-state index contributed by atoms with van der Waals surface area (Å²) >= 11 is 0. The highest BCUT2D eigenvalue weighted by atomic mass is 19.4. The number of ether oxygens (including phenoxy) is 1. The van der Waals surface area contributed by atoms with Gasteiger partial charge >= 0.3 is 6.36 Å². The van der Waals surface area contributed by atoms with Crippen molar-refractivity contribution in [2.75, 3.05) is 5.73 Å². The molecule has 2 aromatic rings. The molecule has 19 heavy (non-hydrogen) atoms. The Labute approximate surface area is 104 Å². The topological polar surface area (TPSA) is 81.0 Å². The van der Waals surface area contributed by atoms with Gasteiger partial charge in [-0.15, -0.1) is 13.2 Å². The molecular weight excluding hydrogens is 263 g/mol. The van der Waals surface area contributed by atoms with E-state index in [2.05, 4.69) is 14.9 Å². The van der Waals surface area contributed by atoms with Crippen LogP contribution in [0.15, 0.2) is 35.1 Å². The molecule has 0 aliphatic heterocycles. The van der Waals surface area contributed by atoms with Crippen LogP contribution in [0.3, 0.4) is 0 Å². The van der Waals surface area contributed by atoms with Crippen LogP contribution in [0.4, 0.5) is 18.9 Å². The maximum absolute atomic E-state index is 12.1. The first-order chi connectivity index (χ1) is 8.85. The summed E-state index contributed by atoms with van der Waals surface area (Å²) in [5.41, 5.74) is 5.75. The summed E-state index contributed by atoms with van der Waals surface area (Å²) in [6, 6.07) is 6.40. The molecule has 1 heterocycles. The number of hydrogen-bond acceptors (Lipinski definition) is 4. The van der Waals surface area contributed by atoms with Crippen LogP contribution < -0.4 is 16.0 Å². The molecule has 3 N–H and O–H groups in total. The molecule has 8 heteroatoms. The summed E-state index contributed by atoms with van der Waals surface area (Å²) in [6.07, 6.45) is -4.80. The summed E-state index contributed by atoms with van der Waals surface area (Å²) in [4.78, 5) is 10.8. The Morgan fingerprint density at radius 2 is 1.95 bits per heavy atom. The van der Waals surface area contributed by atoms with E-state index in [4.69, 9.17) is 5.73 Å². The molecule has 5 nitrogen and oxygen atoms in total. The zero-order valence-corrected chi connectivity index (χ0v) is 9.36. The van der Waals surface area contributed by atoms with Crippen molar-refractivity contribution in [3.05, 3.63) is 40.7 Å². The van der Waals surface area contributed by atoms with Crippen molar-refractivity contribution in [2.24, 2.45) is 0 Å². The minimum atomic E-state index is -4.80. The van der Waals surface area contributed by atoms with Crippen LogP contribution in [-0.4, -0.2) is 16.6 Å². The second-order valence-electron chi connectivity index (χ2n) is 3.61. The number of nitrogen functional groups attached to an aromatic ring is 1. The van der Waals surface area contributed by atoms with Gasteiger partial charge < -0.3 is 10.5 Å². The van der Waals surface area contributed by atoms with Crippen molar-refractivity contribution in [1.82, 2.24) is 10.2 Å². The van der Waals surface area contributed by atoms with Crippen LogP contribution in [0.25, 0.3) is 11.3 Å². The maximum Gasteiger partial charge on any atom is 0.573 e. The van der Waals surface area contributed by atoms with Gasteiger partial charge in [0, 0.05) is 11.6 Å². The molecule has 0 bridgehead atoms. The Morgan fingerprint density at radius 1 is 1.21 bits per heavy atom. The summed E-state index contributed by atoms with van der Waals surface area (Å²) in [5.74, 6) is -0.485. The van der Waals surface area contributed by atoms with Crippen LogP contribution in [-0.2, 0) is 0 Å². The number of hydrogen-bond donors (Lipinski definition) is 2. The number of H-pyrrole nitrogens is 1. The number of aromatic amines is 1. The molecule has 0 aliphatic rings. The molecule has 0 saturated carbocycles. The van der Waals surface area contributed by atoms with E-state index < -0.39 is 12.1 Å². The van der Waals surface area contributed by atoms with Crippen LogP contribution in [0.5, 0.6) is 5.75 Å². The predicted molar refractivity (Wildman–Crippen MR) is 61.4 cm³/mol. The van der Waals surface area contributed by atoms with Gasteiger partial charge in [-0.2, -0.15) is 5.10 Å². The van der Waals surface area contributed by atoms with Crippen LogP contribution in [0.2, 0.25) is 0 Å². The molecule has 1 aromatic carbocycles. The number of benzene rings is 1. The summed E-state index contributed by atoms with van der Waals surface area (Å²) < 4.78 is 39.9. The Kier molecular flexibility index (Phi) is 3.16. The third kappa shape index (κ3) is 3.24. The second-order valence-corrected chi connectivity index (χ2v) is 3.61. The Balaban J connectivity index is 2.33. The second kappa shape index (κ2) is 4.63. The smallest absolute Gasteiger partial charge is 0.404 e. The summed E-state index contributed by atoms with van der Waals surface area (Å²) in [6.45, 7) is 0. The maximum atomic E-state index is 12.1. The van der Waals surface area contributed by atoms with Gasteiger partial charge in [-0.3, -0.25) is 4.79 Å². The van der Waals surface area contributed by atoms with Crippen molar-refractivity contribution in [3.63, 3.8) is 0 Å². The van der Waals surface area contributed by atoms with E-state index in [-0.39, 0.29) is 11.2 Å². The number of nitrogens with zero attached hydrogens (tertiary/aromatic N) is 1. The minimum Gasteiger partial charge on any atom is -0.404 e. The third-order valence-electron chi connectivity index (χ3n) is 2.21. The fraction of sp³-hybridized carbons (Fsp3) is 0.0909. The highest BCUT2D eigenvalue weighted by Crippen LogP contribution is 2.31. The van der Waals surface area contributed by atoms with Gasteiger partial charge in [0.2, 0.25) is 0 Å². The van der Waals surface area contributed by atoms with Crippen LogP contribution in [0, 0.1) is 0 Å². The quantitative estimate of drug-likeness (QED) is 0.817. The third-order valence-corrected chi connectivity index (χ3v) is 2.21. The molecule has 0 saturated heterocycles. The number of nitrogens with two attached hydrogens (primary N) is 1. The number of rotatable bonds is 2. The average molecular weight is 271 g/mol. The minimum absolute atomic E-state index is 0.178. The lowest BCUT2D eigenvalue weighted by atomic mass is 10.1. The van der Waals surface area contributed by atoms with Gasteiger partial charge in [-0.1, -0.05) is 0 Å². The molecule has 2 rings (SSSR count). The van der Waals surface area contributed by atoms with Crippen molar-refractivity contribution in [1.29, 1.82) is 0 Å². The van der Waals surface area contributed by atoms with Crippen LogP contribution >= 0.6 is 0 Å². The molecule has 0 amide bonds. The molecule has 0 atom stereocenters. The summed E-state index contributed by atoms with van der Waals surface area (Å²) in [7, 11) is 0. The monoisotopic (exact) mass is 271 g/mol. The molecule has 0 aliphatic carbocycles. The predicted octanol–water partition coefficient (Wildman–Crippen LogP) is 1.92. The first-order valence-electron chi connectivity index (χ1n) is 5.06. The van der Waals surface area contributed by atoms with E-state index in [9.17, 15) is 18.0 Å². The number of nitrogens with one attached hydrogen (secondary N) is 1. The van der Waals surface area contributed by atoms with Crippen molar-refractivity contribution in [3.8, 4) is 17.0 Å². The van der Waals surface area contributed by atoms with Crippen molar-refractivity contribution < 1.29 is 17.9 Å². The lowest BCUT2D eigenvalue weighted by molar-refractivity contribution is -0.274. The van der Waals surface area contributed by atoms with Crippen LogP contribution in [0.1, 0.15) is 0 Å². The molecule has 1 aromatic heterocycles. The Morgan fingerprint density at radius 3 is 2.47 bits per heavy atom. The fourth-order valence-corrected chi connectivity index (χ4v) is 1.43. The molecule has 0 spiro atoms. The number of alkyl halides is 3. The highest BCUT2D eigenvalue weighted by molar-refractivity contribution is 5.67. The van der Waals surface area contributed by atoms with E-state index in [1.165, 1.54) is 24.3 Å². The van der Waals surface area contributed by atoms with E-state index in [0.717, 1.165) is 6.07 Å². The van der Waals surface area contributed by atoms with E-state index in [0.29, 0.717) is 11.3 Å². The standard InChI is InChI=1S/C11H8F3N3O2/c12-11(13,14)19-9-3-1-6(5-7(9)15)8-2-4-10(18)17-16-8/h1-5H,15H2,(H,17,18). The first-order valence-corrected chi connectivity index (χ1v) is 5.06.